The van der Waals surface area contributed by atoms with Gasteiger partial charge in [-0.15, -0.1) is 0 Å². The zero-order valence-corrected chi connectivity index (χ0v) is 17.5. The van der Waals surface area contributed by atoms with Gasteiger partial charge >= 0.3 is 0 Å². The van der Waals surface area contributed by atoms with E-state index < -0.39 is 5.41 Å². The summed E-state index contributed by atoms with van der Waals surface area (Å²) in [5, 5.41) is 4.37. The summed E-state index contributed by atoms with van der Waals surface area (Å²) in [7, 11) is 3.90. The van der Waals surface area contributed by atoms with Gasteiger partial charge in [-0.25, -0.2) is 9.97 Å². The van der Waals surface area contributed by atoms with Crippen LogP contribution in [0.25, 0.3) is 10.9 Å². The van der Waals surface area contributed by atoms with Gasteiger partial charge in [0.05, 0.1) is 11.7 Å². The van der Waals surface area contributed by atoms with E-state index >= 15 is 0 Å². The smallest absolute Gasteiger partial charge is 0.225 e. The molecule has 0 fully saturated rings. The van der Waals surface area contributed by atoms with Gasteiger partial charge in [-0.1, -0.05) is 39.0 Å². The molecule has 28 heavy (non-hydrogen) atoms. The lowest BCUT2D eigenvalue weighted by Gasteiger charge is -2.25. The zero-order chi connectivity index (χ0) is 20.5. The lowest BCUT2D eigenvalue weighted by Crippen LogP contribution is -2.38. The van der Waals surface area contributed by atoms with E-state index in [0.29, 0.717) is 12.2 Å². The molecule has 1 atom stereocenters. The van der Waals surface area contributed by atoms with Crippen molar-refractivity contribution in [2.75, 3.05) is 19.0 Å². The van der Waals surface area contributed by atoms with Crippen LogP contribution in [0.5, 0.6) is 0 Å². The van der Waals surface area contributed by atoms with Gasteiger partial charge in [0.1, 0.15) is 11.6 Å². The molecule has 2 N–H and O–H groups in total. The van der Waals surface area contributed by atoms with Gasteiger partial charge in [-0.3, -0.25) is 4.79 Å². The first-order valence-corrected chi connectivity index (χ1v) is 9.54. The first kappa shape index (κ1) is 19.9. The number of aromatic nitrogens is 3. The summed E-state index contributed by atoms with van der Waals surface area (Å²) in [5.74, 6) is 1.52. The minimum absolute atomic E-state index is 0.00000892. The highest BCUT2D eigenvalue weighted by Gasteiger charge is 2.26. The number of H-pyrrole nitrogens is 1. The molecule has 0 spiro atoms. The molecule has 0 aliphatic rings. The van der Waals surface area contributed by atoms with Crippen molar-refractivity contribution < 1.29 is 4.79 Å². The third-order valence-electron chi connectivity index (χ3n) is 4.74. The second-order valence-electron chi connectivity index (χ2n) is 8.43. The maximum absolute atomic E-state index is 12.8. The normalized spacial score (nSPS) is 12.8. The van der Waals surface area contributed by atoms with E-state index in [0.717, 1.165) is 28.0 Å². The monoisotopic (exact) mass is 379 g/mol. The SMILES string of the molecule is Cc1nc(C(Cc2c[nH]c3ccccc23)NC(=O)C(C)(C)C)cc(N(C)C)n1. The molecule has 1 unspecified atom stereocenters. The second kappa shape index (κ2) is 7.62. The number of carbonyl (C=O) groups is 1. The predicted octanol–water partition coefficient (Wildman–Crippen LogP) is 3.78. The molecule has 3 aromatic rings. The van der Waals surface area contributed by atoms with Crippen molar-refractivity contribution in [1.29, 1.82) is 0 Å². The third kappa shape index (κ3) is 4.32. The van der Waals surface area contributed by atoms with Crippen LogP contribution in [0.3, 0.4) is 0 Å². The molecule has 0 saturated carbocycles. The third-order valence-corrected chi connectivity index (χ3v) is 4.74. The quantitative estimate of drug-likeness (QED) is 0.707. The van der Waals surface area contributed by atoms with Crippen molar-refractivity contribution >= 4 is 22.6 Å². The Bertz CT molecular complexity index is 984. The largest absolute Gasteiger partial charge is 0.363 e. The Kier molecular flexibility index (Phi) is 5.40. The van der Waals surface area contributed by atoms with Crippen LogP contribution in [0.15, 0.2) is 36.5 Å². The molecular formula is C22H29N5O. The molecule has 3 rings (SSSR count). The number of anilines is 1. The molecule has 6 nitrogen and oxygen atoms in total. The number of amides is 1. The Morgan fingerprint density at radius 1 is 1.21 bits per heavy atom. The van der Waals surface area contributed by atoms with Crippen LogP contribution >= 0.6 is 0 Å². The number of fused-ring (bicyclic) bond motifs is 1. The molecule has 0 saturated heterocycles. The van der Waals surface area contributed by atoms with E-state index in [-0.39, 0.29) is 11.9 Å². The van der Waals surface area contributed by atoms with Crippen LogP contribution in [-0.4, -0.2) is 35.0 Å². The highest BCUT2D eigenvalue weighted by molar-refractivity contribution is 5.84. The summed E-state index contributed by atoms with van der Waals surface area (Å²) < 4.78 is 0. The Balaban J connectivity index is 2.01. The summed E-state index contributed by atoms with van der Waals surface area (Å²) in [6.45, 7) is 7.63. The van der Waals surface area contributed by atoms with E-state index in [1.54, 1.807) is 0 Å². The molecule has 0 aliphatic carbocycles. The number of hydrogen-bond donors (Lipinski definition) is 2. The average molecular weight is 380 g/mol. The van der Waals surface area contributed by atoms with Crippen molar-refractivity contribution in [3.8, 4) is 0 Å². The number of rotatable bonds is 5. The van der Waals surface area contributed by atoms with Crippen LogP contribution < -0.4 is 10.2 Å². The molecule has 6 heteroatoms. The number of hydrogen-bond acceptors (Lipinski definition) is 4. The fraction of sp³-hybridized carbons (Fsp3) is 0.409. The number of aryl methyl sites for hydroxylation is 1. The van der Waals surface area contributed by atoms with Crippen molar-refractivity contribution in [2.45, 2.75) is 40.2 Å². The maximum atomic E-state index is 12.8. The van der Waals surface area contributed by atoms with Crippen LogP contribution in [0.2, 0.25) is 0 Å². The Hall–Kier alpha value is -2.89. The van der Waals surface area contributed by atoms with Crippen molar-refractivity contribution in [2.24, 2.45) is 5.41 Å². The van der Waals surface area contributed by atoms with Crippen LogP contribution in [0, 0.1) is 12.3 Å². The van der Waals surface area contributed by atoms with E-state index in [1.165, 1.54) is 0 Å². The minimum Gasteiger partial charge on any atom is -0.363 e. The molecular weight excluding hydrogens is 350 g/mol. The second-order valence-corrected chi connectivity index (χ2v) is 8.43. The molecule has 2 heterocycles. The fourth-order valence-corrected chi connectivity index (χ4v) is 3.11. The summed E-state index contributed by atoms with van der Waals surface area (Å²) in [5.41, 5.74) is 2.58. The van der Waals surface area contributed by atoms with Gasteiger partial charge < -0.3 is 15.2 Å². The average Bonchev–Trinajstić information content (AvgIpc) is 3.03. The van der Waals surface area contributed by atoms with Crippen molar-refractivity contribution in [3.05, 3.63) is 53.6 Å². The zero-order valence-electron chi connectivity index (χ0n) is 17.5. The maximum Gasteiger partial charge on any atom is 0.225 e. The first-order valence-electron chi connectivity index (χ1n) is 9.54. The number of carbonyl (C=O) groups excluding carboxylic acids is 1. The molecule has 0 aliphatic heterocycles. The molecule has 2 aromatic heterocycles. The van der Waals surface area contributed by atoms with E-state index in [1.807, 2.05) is 71.1 Å². The number of para-hydroxylation sites is 1. The summed E-state index contributed by atoms with van der Waals surface area (Å²) in [4.78, 5) is 27.2. The predicted molar refractivity (Wildman–Crippen MR) is 113 cm³/mol. The van der Waals surface area contributed by atoms with Crippen LogP contribution in [0.1, 0.15) is 43.9 Å². The van der Waals surface area contributed by atoms with E-state index in [4.69, 9.17) is 0 Å². The topological polar surface area (TPSA) is 73.9 Å². The molecule has 148 valence electrons. The lowest BCUT2D eigenvalue weighted by atomic mass is 9.94. The van der Waals surface area contributed by atoms with Crippen molar-refractivity contribution in [1.82, 2.24) is 20.3 Å². The highest BCUT2D eigenvalue weighted by Crippen LogP contribution is 2.26. The summed E-state index contributed by atoms with van der Waals surface area (Å²) in [6, 6.07) is 9.90. The van der Waals surface area contributed by atoms with Gasteiger partial charge in [0.25, 0.3) is 0 Å². The van der Waals surface area contributed by atoms with Gasteiger partial charge in [0, 0.05) is 49.1 Å². The Labute approximate surface area is 166 Å². The number of nitrogens with one attached hydrogen (secondary N) is 2. The Morgan fingerprint density at radius 3 is 2.61 bits per heavy atom. The highest BCUT2D eigenvalue weighted by atomic mass is 16.2. The van der Waals surface area contributed by atoms with E-state index in [2.05, 4.69) is 32.4 Å². The fourth-order valence-electron chi connectivity index (χ4n) is 3.11. The van der Waals surface area contributed by atoms with Gasteiger partial charge in [0.2, 0.25) is 5.91 Å². The molecule has 1 amide bonds. The number of nitrogens with zero attached hydrogens (tertiary/aromatic N) is 3. The van der Waals surface area contributed by atoms with Gasteiger partial charge in [-0.05, 0) is 18.6 Å². The van der Waals surface area contributed by atoms with E-state index in [9.17, 15) is 4.79 Å². The molecule has 0 radical (unpaired) electrons. The number of benzene rings is 1. The Morgan fingerprint density at radius 2 is 1.93 bits per heavy atom. The lowest BCUT2D eigenvalue weighted by molar-refractivity contribution is -0.129. The standard InChI is InChI=1S/C22H29N5O/c1-14-24-19(12-20(25-14)27(5)6)18(26-21(28)22(2,3)4)11-15-13-23-17-10-8-7-9-16(15)17/h7-10,12-13,18,23H,11H2,1-6H3,(H,26,28). The minimum atomic E-state index is -0.481. The van der Waals surface area contributed by atoms with Crippen LogP contribution in [-0.2, 0) is 11.2 Å². The summed E-state index contributed by atoms with van der Waals surface area (Å²) >= 11 is 0. The van der Waals surface area contributed by atoms with Gasteiger partial charge in [0.15, 0.2) is 0 Å². The van der Waals surface area contributed by atoms with Crippen LogP contribution in [0.4, 0.5) is 5.82 Å². The summed E-state index contributed by atoms with van der Waals surface area (Å²) in [6.07, 6.45) is 2.66. The molecule has 0 bridgehead atoms. The first-order chi connectivity index (χ1) is 13.1. The molecule has 1 aromatic carbocycles. The van der Waals surface area contributed by atoms with Gasteiger partial charge in [-0.2, -0.15) is 0 Å². The van der Waals surface area contributed by atoms with Crippen molar-refractivity contribution in [3.63, 3.8) is 0 Å². The number of aromatic amines is 1.